The molecule has 0 saturated carbocycles. The third-order valence-electron chi connectivity index (χ3n) is 4.33. The van der Waals surface area contributed by atoms with E-state index in [0.717, 1.165) is 13.0 Å². The zero-order valence-electron chi connectivity index (χ0n) is 14.7. The number of rotatable bonds is 10. The molecule has 0 spiro atoms. The van der Waals surface area contributed by atoms with E-state index < -0.39 is 0 Å². The van der Waals surface area contributed by atoms with Gasteiger partial charge in [-0.3, -0.25) is 0 Å². The molecule has 0 aliphatic rings. The summed E-state index contributed by atoms with van der Waals surface area (Å²) in [4.78, 5) is 0. The van der Waals surface area contributed by atoms with E-state index in [-0.39, 0.29) is 9.52 Å². The van der Waals surface area contributed by atoms with Gasteiger partial charge in [0.05, 0.1) is 16.1 Å². The van der Waals surface area contributed by atoms with E-state index in [1.807, 2.05) is 0 Å². The van der Waals surface area contributed by atoms with Crippen LogP contribution in [0.3, 0.4) is 0 Å². The number of ether oxygens (including phenoxy) is 1. The zero-order chi connectivity index (χ0) is 16.3. The van der Waals surface area contributed by atoms with E-state index >= 15 is 0 Å². The van der Waals surface area contributed by atoms with Gasteiger partial charge in [-0.1, -0.05) is 86.8 Å². The van der Waals surface area contributed by atoms with E-state index in [0.29, 0.717) is 0 Å². The molecule has 2 aromatic rings. The van der Waals surface area contributed by atoms with Crippen molar-refractivity contribution in [3.8, 4) is 5.75 Å². The van der Waals surface area contributed by atoms with Gasteiger partial charge in [-0.2, -0.15) is 0 Å². The van der Waals surface area contributed by atoms with Crippen molar-refractivity contribution in [2.24, 2.45) is 0 Å². The smallest absolute Gasteiger partial charge is 0.125 e. The average Bonchev–Trinajstić information content (AvgIpc) is 2.61. The minimum atomic E-state index is -0.271. The van der Waals surface area contributed by atoms with Gasteiger partial charge in [-0.25, -0.2) is 0 Å². The van der Waals surface area contributed by atoms with Crippen LogP contribution < -0.4 is 9.92 Å². The molecule has 0 amide bonds. The Morgan fingerprint density at radius 1 is 0.826 bits per heavy atom. The fraction of sp³-hybridized carbons (Fsp3) is 0.429. The van der Waals surface area contributed by atoms with Crippen molar-refractivity contribution in [1.29, 1.82) is 0 Å². The second-order valence-corrected chi connectivity index (χ2v) is 7.97. The summed E-state index contributed by atoms with van der Waals surface area (Å²) in [5, 5.41) is 1.53. The first-order valence-corrected chi connectivity index (χ1v) is 10.8. The van der Waals surface area contributed by atoms with Crippen molar-refractivity contribution >= 4 is 14.7 Å². The fourth-order valence-electron chi connectivity index (χ4n) is 2.93. The molecule has 2 heteroatoms. The lowest BCUT2D eigenvalue weighted by atomic mass is 10.1. The van der Waals surface area contributed by atoms with E-state index in [1.165, 1.54) is 53.8 Å². The van der Waals surface area contributed by atoms with Crippen LogP contribution in [0.4, 0.5) is 0 Å². The van der Waals surface area contributed by atoms with Crippen LogP contribution in [0.25, 0.3) is 0 Å². The van der Waals surface area contributed by atoms with E-state index in [2.05, 4.69) is 62.4 Å². The molecule has 2 aromatic carbocycles. The topological polar surface area (TPSA) is 9.23 Å². The Hall–Kier alpha value is -1.54. The lowest BCUT2D eigenvalue weighted by Gasteiger charge is -2.15. The van der Waals surface area contributed by atoms with Crippen molar-refractivity contribution in [1.82, 2.24) is 0 Å². The van der Waals surface area contributed by atoms with Crippen molar-refractivity contribution in [3.05, 3.63) is 59.7 Å². The highest BCUT2D eigenvalue weighted by Gasteiger charge is 2.09. The summed E-state index contributed by atoms with van der Waals surface area (Å²) in [6.07, 6.45) is 6.08. The van der Waals surface area contributed by atoms with Crippen LogP contribution in [0.2, 0.25) is 0 Å². The number of hydrogen-bond donors (Lipinski definition) is 0. The summed E-state index contributed by atoms with van der Waals surface area (Å²) < 4.78 is 6.22. The maximum absolute atomic E-state index is 6.22. The van der Waals surface area contributed by atoms with Gasteiger partial charge in [0, 0.05) is 0 Å². The molecule has 0 unspecified atom stereocenters. The van der Waals surface area contributed by atoms with Gasteiger partial charge < -0.3 is 4.74 Å². The SMILES string of the molecule is CCCCCCOc1c(CC)cccc1C[SiH2]c1ccccc1. The third-order valence-corrected chi connectivity index (χ3v) is 6.17. The van der Waals surface area contributed by atoms with Crippen LogP contribution in [0.1, 0.15) is 50.7 Å². The Balaban J connectivity index is 1.99. The molecule has 1 nitrogen and oxygen atoms in total. The van der Waals surface area contributed by atoms with Gasteiger partial charge in [-0.15, -0.1) is 0 Å². The Labute approximate surface area is 143 Å². The summed E-state index contributed by atoms with van der Waals surface area (Å²) in [6.45, 7) is 5.33. The first-order chi connectivity index (χ1) is 11.3. The molecular weight excluding hydrogens is 296 g/mol. The van der Waals surface area contributed by atoms with Crippen LogP contribution in [-0.2, 0) is 12.5 Å². The Bertz CT molecular complexity index is 565. The molecule has 23 heavy (non-hydrogen) atoms. The second kappa shape index (κ2) is 10.3. The Morgan fingerprint density at radius 3 is 2.35 bits per heavy atom. The fourth-order valence-corrected chi connectivity index (χ4v) is 4.48. The quantitative estimate of drug-likeness (QED) is 0.469. The highest BCUT2D eigenvalue weighted by atomic mass is 28.2. The average molecular weight is 327 g/mol. The normalized spacial score (nSPS) is 11.2. The predicted octanol–water partition coefficient (Wildman–Crippen LogP) is 4.20. The standard InChI is InChI=1S/C21H30OSi/c1-3-5-6-10-16-22-21-18(4-2)12-11-13-19(21)17-23-20-14-8-7-9-15-20/h7-9,11-15H,3-6,10,16-17,23H2,1-2H3. The minimum absolute atomic E-state index is 0.271. The molecule has 0 atom stereocenters. The zero-order valence-corrected chi connectivity index (χ0v) is 16.1. The van der Waals surface area contributed by atoms with Gasteiger partial charge in [-0.05, 0) is 30.0 Å². The van der Waals surface area contributed by atoms with Crippen LogP contribution in [-0.4, -0.2) is 16.1 Å². The van der Waals surface area contributed by atoms with E-state index in [9.17, 15) is 0 Å². The predicted molar refractivity (Wildman–Crippen MR) is 104 cm³/mol. The first kappa shape index (κ1) is 17.8. The first-order valence-electron chi connectivity index (χ1n) is 9.12. The maximum Gasteiger partial charge on any atom is 0.125 e. The molecular formula is C21H30OSi. The largest absolute Gasteiger partial charge is 0.493 e. The molecule has 0 aromatic heterocycles. The monoisotopic (exact) mass is 326 g/mol. The van der Waals surface area contributed by atoms with Crippen LogP contribution in [0, 0.1) is 0 Å². The molecule has 0 aliphatic heterocycles. The summed E-state index contributed by atoms with van der Waals surface area (Å²) in [5.41, 5.74) is 2.77. The van der Waals surface area contributed by atoms with Crippen molar-refractivity contribution in [3.63, 3.8) is 0 Å². The Kier molecular flexibility index (Phi) is 7.95. The lowest BCUT2D eigenvalue weighted by molar-refractivity contribution is 0.300. The molecule has 0 radical (unpaired) electrons. The molecule has 124 valence electrons. The highest BCUT2D eigenvalue weighted by Crippen LogP contribution is 2.25. The van der Waals surface area contributed by atoms with Crippen LogP contribution >= 0.6 is 0 Å². The number of unbranched alkanes of at least 4 members (excludes halogenated alkanes) is 3. The second-order valence-electron chi connectivity index (χ2n) is 6.15. The van der Waals surface area contributed by atoms with Gasteiger partial charge in [0.15, 0.2) is 0 Å². The molecule has 2 rings (SSSR count). The summed E-state index contributed by atoms with van der Waals surface area (Å²) in [6, 6.07) is 18.8. The maximum atomic E-state index is 6.22. The summed E-state index contributed by atoms with van der Waals surface area (Å²) in [5.74, 6) is 1.18. The van der Waals surface area contributed by atoms with E-state index in [4.69, 9.17) is 4.74 Å². The molecule has 0 heterocycles. The van der Waals surface area contributed by atoms with E-state index in [1.54, 1.807) is 0 Å². The number of benzene rings is 2. The van der Waals surface area contributed by atoms with Crippen molar-refractivity contribution in [2.75, 3.05) is 6.61 Å². The van der Waals surface area contributed by atoms with Crippen LogP contribution in [0.15, 0.2) is 48.5 Å². The molecule has 0 N–H and O–H groups in total. The molecule has 0 bridgehead atoms. The lowest BCUT2D eigenvalue weighted by Crippen LogP contribution is -2.16. The van der Waals surface area contributed by atoms with Crippen molar-refractivity contribution in [2.45, 2.75) is 52.0 Å². The summed E-state index contributed by atoms with van der Waals surface area (Å²) >= 11 is 0. The highest BCUT2D eigenvalue weighted by molar-refractivity contribution is 6.52. The minimum Gasteiger partial charge on any atom is -0.493 e. The Morgan fingerprint density at radius 2 is 1.61 bits per heavy atom. The van der Waals surface area contributed by atoms with Crippen LogP contribution in [0.5, 0.6) is 5.75 Å². The number of hydrogen-bond acceptors (Lipinski definition) is 1. The van der Waals surface area contributed by atoms with Gasteiger partial charge >= 0.3 is 0 Å². The van der Waals surface area contributed by atoms with Gasteiger partial charge in [0.1, 0.15) is 5.75 Å². The third kappa shape index (κ3) is 5.87. The molecule has 0 aliphatic carbocycles. The van der Waals surface area contributed by atoms with Gasteiger partial charge in [0.25, 0.3) is 0 Å². The number of para-hydroxylation sites is 1. The summed E-state index contributed by atoms with van der Waals surface area (Å²) in [7, 11) is -0.271. The number of aryl methyl sites for hydroxylation is 1. The van der Waals surface area contributed by atoms with Gasteiger partial charge in [0.2, 0.25) is 0 Å². The molecule has 0 fully saturated rings. The molecule has 0 saturated heterocycles. The van der Waals surface area contributed by atoms with Crippen molar-refractivity contribution < 1.29 is 4.74 Å².